The lowest BCUT2D eigenvalue weighted by molar-refractivity contribution is -0.159. The summed E-state index contributed by atoms with van der Waals surface area (Å²) in [6.07, 6.45) is 7.52. The molecule has 9 heteroatoms. The number of esters is 1. The van der Waals surface area contributed by atoms with Crippen molar-refractivity contribution in [2.24, 2.45) is 22.1 Å². The van der Waals surface area contributed by atoms with Gasteiger partial charge in [-0.2, -0.15) is 0 Å². The number of carbonyl (C=O) groups excluding carboxylic acids is 3. The number of nitrogens with zero attached hydrogens (tertiary/aromatic N) is 3. The summed E-state index contributed by atoms with van der Waals surface area (Å²) in [7, 11) is 1.50. The van der Waals surface area contributed by atoms with E-state index >= 15 is 0 Å². The number of carbonyl (C=O) groups is 3. The van der Waals surface area contributed by atoms with Gasteiger partial charge in [-0.05, 0) is 44.9 Å². The quantitative estimate of drug-likeness (QED) is 0.143. The summed E-state index contributed by atoms with van der Waals surface area (Å²) in [5.74, 6) is -1.25. The average molecular weight is 396 g/mol. The summed E-state index contributed by atoms with van der Waals surface area (Å²) in [5, 5.41) is 10.0. The van der Waals surface area contributed by atoms with Gasteiger partial charge in [-0.15, -0.1) is 0 Å². The fourth-order valence-electron chi connectivity index (χ4n) is 3.50. The van der Waals surface area contributed by atoms with Gasteiger partial charge in [0.15, 0.2) is 0 Å². The van der Waals surface area contributed by atoms with Crippen LogP contribution >= 0.6 is 0 Å². The number of amides is 2. The minimum atomic E-state index is -0.646. The maximum Gasteiger partial charge on any atom is 0.333 e. The van der Waals surface area contributed by atoms with Gasteiger partial charge in [0.25, 0.3) is 0 Å². The number of unbranched alkanes of at least 4 members (excludes halogenated alkanes) is 1. The predicted octanol–water partition coefficient (Wildman–Crippen LogP) is 1.31. The molecule has 2 amide bonds. The molecule has 2 aliphatic rings. The number of rotatable bonds is 10. The molecule has 2 rings (SSSR count). The SMILES string of the molecule is C=N/C=C\OC(=O)C1CC2(CC2)CN1C(=O)C(CCCC)CN(O)C=O.CN. The molecule has 28 heavy (non-hydrogen) atoms. The van der Waals surface area contributed by atoms with Crippen LogP contribution in [-0.2, 0) is 19.1 Å². The van der Waals surface area contributed by atoms with Crippen LogP contribution in [0.25, 0.3) is 0 Å². The highest BCUT2D eigenvalue weighted by molar-refractivity contribution is 5.87. The lowest BCUT2D eigenvalue weighted by atomic mass is 9.99. The smallest absolute Gasteiger partial charge is 0.333 e. The number of ether oxygens (including phenoxy) is 1. The van der Waals surface area contributed by atoms with E-state index in [4.69, 9.17) is 4.74 Å². The van der Waals surface area contributed by atoms with Crippen LogP contribution in [0.2, 0.25) is 0 Å². The van der Waals surface area contributed by atoms with E-state index < -0.39 is 17.9 Å². The zero-order chi connectivity index (χ0) is 21.2. The number of hydrogen-bond donors (Lipinski definition) is 2. The largest absolute Gasteiger partial charge is 0.431 e. The van der Waals surface area contributed by atoms with Crippen molar-refractivity contribution >= 4 is 25.0 Å². The van der Waals surface area contributed by atoms with Gasteiger partial charge in [-0.3, -0.25) is 19.8 Å². The van der Waals surface area contributed by atoms with Crippen LogP contribution in [0.1, 0.15) is 45.4 Å². The maximum atomic E-state index is 13.1. The van der Waals surface area contributed by atoms with Gasteiger partial charge >= 0.3 is 5.97 Å². The van der Waals surface area contributed by atoms with E-state index in [0.717, 1.165) is 31.9 Å². The van der Waals surface area contributed by atoms with Crippen LogP contribution in [0.5, 0.6) is 0 Å². The van der Waals surface area contributed by atoms with E-state index in [9.17, 15) is 19.6 Å². The normalized spacial score (nSPS) is 20.3. The van der Waals surface area contributed by atoms with E-state index in [1.807, 2.05) is 6.92 Å². The Bertz CT molecular complexity index is 577. The van der Waals surface area contributed by atoms with Gasteiger partial charge in [-0.1, -0.05) is 19.8 Å². The molecule has 1 aliphatic carbocycles. The van der Waals surface area contributed by atoms with Crippen molar-refractivity contribution in [1.29, 1.82) is 0 Å². The van der Waals surface area contributed by atoms with Gasteiger partial charge in [0.05, 0.1) is 18.7 Å². The van der Waals surface area contributed by atoms with Crippen LogP contribution in [0.15, 0.2) is 17.5 Å². The minimum Gasteiger partial charge on any atom is -0.431 e. The zero-order valence-electron chi connectivity index (χ0n) is 16.7. The highest BCUT2D eigenvalue weighted by atomic mass is 16.5. The molecule has 0 aromatic heterocycles. The van der Waals surface area contributed by atoms with Crippen LogP contribution < -0.4 is 5.73 Å². The van der Waals surface area contributed by atoms with Crippen LogP contribution in [0, 0.1) is 11.3 Å². The van der Waals surface area contributed by atoms with Gasteiger partial charge in [0.2, 0.25) is 12.3 Å². The number of aliphatic imine (C=N–C) groups is 1. The van der Waals surface area contributed by atoms with Gasteiger partial charge < -0.3 is 15.4 Å². The van der Waals surface area contributed by atoms with Crippen molar-refractivity contribution in [2.45, 2.75) is 51.5 Å². The fraction of sp³-hybridized carbons (Fsp3) is 0.684. The number of nitrogens with two attached hydrogens (primary N) is 1. The van der Waals surface area contributed by atoms with Gasteiger partial charge in [-0.25, -0.2) is 9.86 Å². The molecule has 1 aliphatic heterocycles. The van der Waals surface area contributed by atoms with Gasteiger partial charge in [0.1, 0.15) is 12.3 Å². The Morgan fingerprint density at radius 3 is 2.68 bits per heavy atom. The van der Waals surface area contributed by atoms with Crippen LogP contribution in [0.4, 0.5) is 0 Å². The first-order chi connectivity index (χ1) is 13.5. The van der Waals surface area contributed by atoms with Crippen molar-refractivity contribution < 1.29 is 24.3 Å². The molecule has 9 nitrogen and oxygen atoms in total. The molecule has 0 aromatic rings. The molecule has 1 heterocycles. The lowest BCUT2D eigenvalue weighted by Gasteiger charge is -2.28. The van der Waals surface area contributed by atoms with Crippen LogP contribution in [-0.4, -0.2) is 66.4 Å². The summed E-state index contributed by atoms with van der Waals surface area (Å²) in [4.78, 5) is 41.3. The second kappa shape index (κ2) is 11.6. The summed E-state index contributed by atoms with van der Waals surface area (Å²) in [6.45, 7) is 5.72. The first kappa shape index (κ1) is 23.8. The second-order valence-corrected chi connectivity index (χ2v) is 7.16. The van der Waals surface area contributed by atoms with E-state index in [1.54, 1.807) is 4.90 Å². The Kier molecular flexibility index (Phi) is 9.81. The predicted molar refractivity (Wildman–Crippen MR) is 104 cm³/mol. The third-order valence-electron chi connectivity index (χ3n) is 5.16. The molecule has 0 aromatic carbocycles. The zero-order valence-corrected chi connectivity index (χ0v) is 16.7. The third kappa shape index (κ3) is 6.42. The fourth-order valence-corrected chi connectivity index (χ4v) is 3.50. The number of hydrogen-bond acceptors (Lipinski definition) is 7. The Labute approximate surface area is 166 Å². The lowest BCUT2D eigenvalue weighted by Crippen LogP contribution is -2.46. The first-order valence-corrected chi connectivity index (χ1v) is 9.56. The maximum absolute atomic E-state index is 13.1. The van der Waals surface area contributed by atoms with Gasteiger partial charge in [0, 0.05) is 6.54 Å². The molecular weight excluding hydrogens is 364 g/mol. The molecule has 1 saturated heterocycles. The average Bonchev–Trinajstić information content (AvgIpc) is 3.36. The number of likely N-dealkylation sites (tertiary alicyclic amines) is 1. The summed E-state index contributed by atoms with van der Waals surface area (Å²) >= 11 is 0. The highest BCUT2D eigenvalue weighted by Gasteiger charge is 2.56. The van der Waals surface area contributed by atoms with E-state index in [2.05, 4.69) is 17.4 Å². The van der Waals surface area contributed by atoms with Crippen LogP contribution in [0.3, 0.4) is 0 Å². The molecule has 1 saturated carbocycles. The molecule has 2 unspecified atom stereocenters. The summed E-state index contributed by atoms with van der Waals surface area (Å²) in [5.41, 5.74) is 4.51. The molecule has 0 bridgehead atoms. The van der Waals surface area contributed by atoms with Crippen molar-refractivity contribution in [3.8, 4) is 0 Å². The van der Waals surface area contributed by atoms with E-state index in [1.165, 1.54) is 13.2 Å². The van der Waals surface area contributed by atoms with E-state index in [-0.39, 0.29) is 24.3 Å². The minimum absolute atomic E-state index is 0.0125. The van der Waals surface area contributed by atoms with E-state index in [0.29, 0.717) is 24.4 Å². The molecule has 3 N–H and O–H groups in total. The molecule has 2 atom stereocenters. The Balaban J connectivity index is 0.00000190. The molecule has 1 spiro atoms. The molecule has 158 valence electrons. The Morgan fingerprint density at radius 2 is 2.14 bits per heavy atom. The number of hydroxylamine groups is 2. The molecule has 2 fully saturated rings. The second-order valence-electron chi connectivity index (χ2n) is 7.16. The molecule has 0 radical (unpaired) electrons. The van der Waals surface area contributed by atoms with Crippen molar-refractivity contribution in [2.75, 3.05) is 20.1 Å². The topological polar surface area (TPSA) is 126 Å². The molecular formula is C19H32N4O5. The van der Waals surface area contributed by atoms with Crippen molar-refractivity contribution in [1.82, 2.24) is 9.96 Å². The van der Waals surface area contributed by atoms with Crippen molar-refractivity contribution in [3.63, 3.8) is 0 Å². The Morgan fingerprint density at radius 1 is 1.46 bits per heavy atom. The Hall–Kier alpha value is -2.26. The standard InChI is InChI=1S/C18H27N3O5.CH5N/c1-3-4-5-14(11-20(25)13-22)16(23)21-12-18(6-7-18)10-15(21)17(24)26-9-8-19-2;1-2/h8-9,13-15,25H,2-7,10-12H2,1H3;2H2,1H3/b9-8-;. The highest BCUT2D eigenvalue weighted by Crippen LogP contribution is 2.55. The monoisotopic (exact) mass is 396 g/mol. The third-order valence-corrected chi connectivity index (χ3v) is 5.16. The summed E-state index contributed by atoms with van der Waals surface area (Å²) < 4.78 is 5.07. The van der Waals surface area contributed by atoms with Crippen molar-refractivity contribution in [3.05, 3.63) is 12.5 Å². The summed E-state index contributed by atoms with van der Waals surface area (Å²) in [6, 6.07) is -0.646. The first-order valence-electron chi connectivity index (χ1n) is 9.56.